The molecule has 0 saturated heterocycles. The minimum absolute atomic E-state index is 0.353. The maximum absolute atomic E-state index is 10.8. The van der Waals surface area contributed by atoms with Crippen LogP contribution in [-0.2, 0) is 0 Å². The van der Waals surface area contributed by atoms with Crippen LogP contribution in [0.1, 0.15) is 0 Å². The molecule has 2 rings (SSSR count). The summed E-state index contributed by atoms with van der Waals surface area (Å²) in [6, 6.07) is 4.94. The fourth-order valence-corrected chi connectivity index (χ4v) is 1.44. The highest BCUT2D eigenvalue weighted by atomic mass is 16.5. The van der Waals surface area contributed by atoms with Crippen molar-refractivity contribution in [2.75, 3.05) is 23.8 Å². The molecule has 0 aromatic heterocycles. The molecule has 3 N–H and O–H groups in total. The maximum Gasteiger partial charge on any atom is 0.412 e. The Morgan fingerprint density at radius 1 is 1.57 bits per heavy atom. The number of anilines is 2. The summed E-state index contributed by atoms with van der Waals surface area (Å²) >= 11 is 0. The SMILES string of the molecule is Nc1ccc2c(c1)OCCN2C(=O)O. The van der Waals surface area contributed by atoms with Gasteiger partial charge in [-0.25, -0.2) is 4.79 Å². The Morgan fingerprint density at radius 2 is 2.36 bits per heavy atom. The second-order valence-electron chi connectivity index (χ2n) is 3.01. The van der Waals surface area contributed by atoms with Gasteiger partial charge in [0.2, 0.25) is 0 Å². The van der Waals surface area contributed by atoms with Gasteiger partial charge in [-0.3, -0.25) is 4.90 Å². The summed E-state index contributed by atoms with van der Waals surface area (Å²) in [7, 11) is 0. The average molecular weight is 194 g/mol. The third kappa shape index (κ3) is 1.32. The molecule has 1 aromatic rings. The molecule has 0 saturated carbocycles. The van der Waals surface area contributed by atoms with Crippen LogP contribution in [0.15, 0.2) is 18.2 Å². The van der Waals surface area contributed by atoms with E-state index in [1.54, 1.807) is 18.2 Å². The molecule has 0 atom stereocenters. The minimum Gasteiger partial charge on any atom is -0.489 e. The topological polar surface area (TPSA) is 75.8 Å². The number of nitrogens with zero attached hydrogens (tertiary/aromatic N) is 1. The molecule has 0 bridgehead atoms. The van der Waals surface area contributed by atoms with E-state index in [4.69, 9.17) is 15.6 Å². The highest BCUT2D eigenvalue weighted by Crippen LogP contribution is 2.33. The van der Waals surface area contributed by atoms with Gasteiger partial charge in [-0.2, -0.15) is 0 Å². The van der Waals surface area contributed by atoms with Gasteiger partial charge in [0.1, 0.15) is 12.4 Å². The lowest BCUT2D eigenvalue weighted by Gasteiger charge is -2.27. The van der Waals surface area contributed by atoms with Crippen LogP contribution in [0.4, 0.5) is 16.2 Å². The summed E-state index contributed by atoms with van der Waals surface area (Å²) in [4.78, 5) is 12.1. The number of hydrogen-bond acceptors (Lipinski definition) is 3. The molecule has 74 valence electrons. The highest BCUT2D eigenvalue weighted by molar-refractivity contribution is 5.89. The van der Waals surface area contributed by atoms with Gasteiger partial charge in [-0.1, -0.05) is 0 Å². The predicted octanol–water partition coefficient (Wildman–Crippen LogP) is 1.15. The van der Waals surface area contributed by atoms with E-state index in [9.17, 15) is 4.79 Å². The molecule has 0 radical (unpaired) electrons. The number of nitrogen functional groups attached to an aromatic ring is 1. The maximum atomic E-state index is 10.8. The summed E-state index contributed by atoms with van der Waals surface area (Å²) < 4.78 is 5.30. The van der Waals surface area contributed by atoms with Crippen LogP contribution < -0.4 is 15.4 Å². The molecule has 1 aliphatic rings. The first-order chi connectivity index (χ1) is 6.68. The molecule has 5 heteroatoms. The number of nitrogens with two attached hydrogens (primary N) is 1. The number of fused-ring (bicyclic) bond motifs is 1. The molecule has 1 aromatic carbocycles. The number of hydrogen-bond donors (Lipinski definition) is 2. The smallest absolute Gasteiger partial charge is 0.412 e. The third-order valence-electron chi connectivity index (χ3n) is 2.08. The number of rotatable bonds is 0. The fraction of sp³-hybridized carbons (Fsp3) is 0.222. The summed E-state index contributed by atoms with van der Waals surface area (Å²) in [5, 5.41) is 8.89. The first kappa shape index (κ1) is 8.68. The van der Waals surface area contributed by atoms with Gasteiger partial charge in [-0.05, 0) is 12.1 Å². The summed E-state index contributed by atoms with van der Waals surface area (Å²) in [6.45, 7) is 0.717. The van der Waals surface area contributed by atoms with Crippen molar-refractivity contribution >= 4 is 17.5 Å². The Morgan fingerprint density at radius 3 is 3.07 bits per heavy atom. The molecule has 0 unspecified atom stereocenters. The molecular formula is C9H10N2O3. The molecule has 14 heavy (non-hydrogen) atoms. The summed E-state index contributed by atoms with van der Waals surface area (Å²) in [5.74, 6) is 0.527. The molecule has 1 heterocycles. The van der Waals surface area contributed by atoms with E-state index in [1.165, 1.54) is 4.90 Å². The van der Waals surface area contributed by atoms with Crippen molar-refractivity contribution in [2.24, 2.45) is 0 Å². The van der Waals surface area contributed by atoms with Crippen molar-refractivity contribution in [3.8, 4) is 5.75 Å². The largest absolute Gasteiger partial charge is 0.489 e. The van der Waals surface area contributed by atoms with E-state index in [1.807, 2.05) is 0 Å². The van der Waals surface area contributed by atoms with Crippen LogP contribution >= 0.6 is 0 Å². The Bertz CT molecular complexity index is 378. The van der Waals surface area contributed by atoms with Crippen molar-refractivity contribution in [2.45, 2.75) is 0 Å². The van der Waals surface area contributed by atoms with E-state index < -0.39 is 6.09 Å². The van der Waals surface area contributed by atoms with Crippen LogP contribution in [0.5, 0.6) is 5.75 Å². The van der Waals surface area contributed by atoms with Crippen molar-refractivity contribution in [1.82, 2.24) is 0 Å². The number of carboxylic acid groups (broad SMARTS) is 1. The van der Waals surface area contributed by atoms with Gasteiger partial charge >= 0.3 is 6.09 Å². The van der Waals surface area contributed by atoms with Crippen LogP contribution in [0.2, 0.25) is 0 Å². The lowest BCUT2D eigenvalue weighted by atomic mass is 10.2. The molecule has 0 spiro atoms. The number of carbonyl (C=O) groups is 1. The first-order valence-corrected chi connectivity index (χ1v) is 4.21. The van der Waals surface area contributed by atoms with Gasteiger partial charge in [0.05, 0.1) is 12.2 Å². The quantitative estimate of drug-likeness (QED) is 0.607. The van der Waals surface area contributed by atoms with Crippen LogP contribution in [-0.4, -0.2) is 24.4 Å². The Labute approximate surface area is 80.7 Å². The second-order valence-corrected chi connectivity index (χ2v) is 3.01. The molecule has 5 nitrogen and oxygen atoms in total. The van der Waals surface area contributed by atoms with Gasteiger partial charge in [0, 0.05) is 11.8 Å². The lowest BCUT2D eigenvalue weighted by molar-refractivity contribution is 0.196. The molecule has 0 fully saturated rings. The molecule has 1 aliphatic heterocycles. The Hall–Kier alpha value is -1.91. The lowest BCUT2D eigenvalue weighted by Crippen LogP contribution is -2.36. The van der Waals surface area contributed by atoms with Crippen LogP contribution in [0.25, 0.3) is 0 Å². The average Bonchev–Trinajstić information content (AvgIpc) is 2.16. The second kappa shape index (κ2) is 3.10. The monoisotopic (exact) mass is 194 g/mol. The third-order valence-corrected chi connectivity index (χ3v) is 2.08. The normalized spacial score (nSPS) is 14.4. The highest BCUT2D eigenvalue weighted by Gasteiger charge is 2.22. The fourth-order valence-electron chi connectivity index (χ4n) is 1.44. The Balaban J connectivity index is 2.44. The van der Waals surface area contributed by atoms with E-state index in [2.05, 4.69) is 0 Å². The van der Waals surface area contributed by atoms with E-state index in [-0.39, 0.29) is 0 Å². The predicted molar refractivity (Wildman–Crippen MR) is 51.7 cm³/mol. The number of benzene rings is 1. The van der Waals surface area contributed by atoms with Crippen molar-refractivity contribution in [1.29, 1.82) is 0 Å². The van der Waals surface area contributed by atoms with Crippen LogP contribution in [0, 0.1) is 0 Å². The standard InChI is InChI=1S/C9H10N2O3/c10-6-1-2-7-8(5-6)14-4-3-11(7)9(12)13/h1-2,5H,3-4,10H2,(H,12,13). The zero-order chi connectivity index (χ0) is 10.1. The van der Waals surface area contributed by atoms with Gasteiger partial charge in [0.25, 0.3) is 0 Å². The van der Waals surface area contributed by atoms with Crippen molar-refractivity contribution in [3.05, 3.63) is 18.2 Å². The van der Waals surface area contributed by atoms with Gasteiger partial charge in [0.15, 0.2) is 0 Å². The molecule has 0 aliphatic carbocycles. The zero-order valence-electron chi connectivity index (χ0n) is 7.43. The van der Waals surface area contributed by atoms with E-state index in [0.717, 1.165) is 0 Å². The number of ether oxygens (including phenoxy) is 1. The summed E-state index contributed by atoms with van der Waals surface area (Å²) in [6.07, 6.45) is -0.973. The molecule has 1 amide bonds. The van der Waals surface area contributed by atoms with Crippen molar-refractivity contribution in [3.63, 3.8) is 0 Å². The summed E-state index contributed by atoms with van der Waals surface area (Å²) in [5.41, 5.74) is 6.68. The van der Waals surface area contributed by atoms with Crippen LogP contribution in [0.3, 0.4) is 0 Å². The van der Waals surface area contributed by atoms with E-state index in [0.29, 0.717) is 30.3 Å². The van der Waals surface area contributed by atoms with Crippen molar-refractivity contribution < 1.29 is 14.6 Å². The van der Waals surface area contributed by atoms with Gasteiger partial charge < -0.3 is 15.6 Å². The Kier molecular flexibility index (Phi) is 1.92. The van der Waals surface area contributed by atoms with Gasteiger partial charge in [-0.15, -0.1) is 0 Å². The molecular weight excluding hydrogens is 184 g/mol. The zero-order valence-corrected chi connectivity index (χ0v) is 7.43. The van der Waals surface area contributed by atoms with E-state index >= 15 is 0 Å². The first-order valence-electron chi connectivity index (χ1n) is 4.21. The minimum atomic E-state index is -0.973. The number of amides is 1.